The molecule has 90 valence electrons. The molecule has 0 heterocycles. The van der Waals surface area contributed by atoms with Gasteiger partial charge in [0.1, 0.15) is 9.84 Å². The average Bonchev–Trinajstić information content (AvgIpc) is 2.17. The summed E-state index contributed by atoms with van der Waals surface area (Å²) in [7, 11) is -2.88. The second-order valence-corrected chi connectivity index (χ2v) is 6.56. The lowest BCUT2D eigenvalue weighted by atomic mass is 10.1. The second kappa shape index (κ2) is 5.66. The maximum atomic E-state index is 10.9. The van der Waals surface area contributed by atoms with Gasteiger partial charge in [0, 0.05) is 24.4 Å². The standard InChI is InChI=1S/C11H16ClNO2S/c1-9-7-10(3-4-11(9)12)8-13-5-6-16(2,14)15/h3-4,7,13H,5-6,8H2,1-2H3. The molecule has 0 saturated heterocycles. The van der Waals surface area contributed by atoms with Gasteiger partial charge >= 0.3 is 0 Å². The summed E-state index contributed by atoms with van der Waals surface area (Å²) in [6.07, 6.45) is 1.24. The molecule has 0 aliphatic carbocycles. The minimum atomic E-state index is -2.88. The van der Waals surface area contributed by atoms with Gasteiger partial charge in [-0.2, -0.15) is 0 Å². The first-order chi connectivity index (χ1) is 7.38. The van der Waals surface area contributed by atoms with Crippen LogP contribution in [-0.4, -0.2) is 27.0 Å². The lowest BCUT2D eigenvalue weighted by Gasteiger charge is -2.06. The van der Waals surface area contributed by atoms with Crippen LogP contribution in [0.3, 0.4) is 0 Å². The van der Waals surface area contributed by atoms with E-state index in [1.165, 1.54) is 6.26 Å². The minimum Gasteiger partial charge on any atom is -0.312 e. The maximum absolute atomic E-state index is 10.9. The van der Waals surface area contributed by atoms with Crippen LogP contribution in [0, 0.1) is 6.92 Å². The van der Waals surface area contributed by atoms with E-state index < -0.39 is 9.84 Å². The summed E-state index contributed by atoms with van der Waals surface area (Å²) in [5.41, 5.74) is 2.14. The number of hydrogen-bond donors (Lipinski definition) is 1. The van der Waals surface area contributed by atoms with Gasteiger partial charge in [-0.3, -0.25) is 0 Å². The molecule has 16 heavy (non-hydrogen) atoms. The SMILES string of the molecule is Cc1cc(CNCCS(C)(=O)=O)ccc1Cl. The molecule has 0 radical (unpaired) electrons. The molecule has 0 spiro atoms. The molecule has 0 amide bonds. The van der Waals surface area contributed by atoms with Gasteiger partial charge < -0.3 is 5.32 Å². The van der Waals surface area contributed by atoms with Crippen LogP contribution in [0.5, 0.6) is 0 Å². The molecule has 0 fully saturated rings. The number of sulfone groups is 1. The average molecular weight is 262 g/mol. The van der Waals surface area contributed by atoms with Crippen molar-refractivity contribution in [1.82, 2.24) is 5.32 Å². The summed E-state index contributed by atoms with van der Waals surface area (Å²) in [5.74, 6) is 0.166. The topological polar surface area (TPSA) is 46.2 Å². The van der Waals surface area contributed by atoms with Gasteiger partial charge in [0.25, 0.3) is 0 Å². The lowest BCUT2D eigenvalue weighted by molar-refractivity contribution is 0.596. The van der Waals surface area contributed by atoms with Crippen molar-refractivity contribution in [3.05, 3.63) is 34.3 Å². The van der Waals surface area contributed by atoms with Gasteiger partial charge in [0.2, 0.25) is 0 Å². The highest BCUT2D eigenvalue weighted by Gasteiger charge is 2.01. The predicted molar refractivity (Wildman–Crippen MR) is 67.6 cm³/mol. The van der Waals surface area contributed by atoms with Crippen molar-refractivity contribution in [3.8, 4) is 0 Å². The Morgan fingerprint density at radius 2 is 2.06 bits per heavy atom. The largest absolute Gasteiger partial charge is 0.312 e. The molecule has 0 unspecified atom stereocenters. The van der Waals surface area contributed by atoms with Crippen LogP contribution in [-0.2, 0) is 16.4 Å². The molecule has 0 aromatic heterocycles. The number of nitrogens with one attached hydrogen (secondary N) is 1. The van der Waals surface area contributed by atoms with Crippen molar-refractivity contribution in [2.75, 3.05) is 18.6 Å². The van der Waals surface area contributed by atoms with Crippen molar-refractivity contribution < 1.29 is 8.42 Å². The molecular weight excluding hydrogens is 246 g/mol. The van der Waals surface area contributed by atoms with Crippen LogP contribution >= 0.6 is 11.6 Å². The van der Waals surface area contributed by atoms with Gasteiger partial charge in [0.15, 0.2) is 0 Å². The van der Waals surface area contributed by atoms with E-state index >= 15 is 0 Å². The van der Waals surface area contributed by atoms with Crippen LogP contribution in [0.15, 0.2) is 18.2 Å². The molecule has 0 aliphatic rings. The van der Waals surface area contributed by atoms with Crippen molar-refractivity contribution in [2.45, 2.75) is 13.5 Å². The van der Waals surface area contributed by atoms with Crippen LogP contribution in [0.4, 0.5) is 0 Å². The van der Waals surface area contributed by atoms with Gasteiger partial charge in [-0.1, -0.05) is 23.7 Å². The lowest BCUT2D eigenvalue weighted by Crippen LogP contribution is -2.21. The van der Waals surface area contributed by atoms with E-state index in [-0.39, 0.29) is 5.75 Å². The van der Waals surface area contributed by atoms with E-state index in [9.17, 15) is 8.42 Å². The molecule has 5 heteroatoms. The van der Waals surface area contributed by atoms with Crippen molar-refractivity contribution >= 4 is 21.4 Å². The second-order valence-electron chi connectivity index (χ2n) is 3.89. The molecule has 0 aliphatic heterocycles. The number of rotatable bonds is 5. The molecule has 0 atom stereocenters. The molecule has 0 saturated carbocycles. The van der Waals surface area contributed by atoms with Crippen LogP contribution in [0.2, 0.25) is 5.02 Å². The van der Waals surface area contributed by atoms with E-state index in [1.54, 1.807) is 0 Å². The van der Waals surface area contributed by atoms with Crippen LogP contribution in [0.1, 0.15) is 11.1 Å². The quantitative estimate of drug-likeness (QED) is 0.822. The summed E-state index contributed by atoms with van der Waals surface area (Å²) >= 11 is 5.90. The Kier molecular flexibility index (Phi) is 4.77. The van der Waals surface area contributed by atoms with E-state index in [4.69, 9.17) is 11.6 Å². The van der Waals surface area contributed by atoms with Gasteiger partial charge in [-0.25, -0.2) is 8.42 Å². The predicted octanol–water partition coefficient (Wildman–Crippen LogP) is 1.78. The third kappa shape index (κ3) is 4.96. The van der Waals surface area contributed by atoms with E-state index in [1.807, 2.05) is 25.1 Å². The Morgan fingerprint density at radius 1 is 1.38 bits per heavy atom. The number of halogens is 1. The molecule has 0 bridgehead atoms. The summed E-state index contributed by atoms with van der Waals surface area (Å²) in [6, 6.07) is 5.78. The first kappa shape index (κ1) is 13.5. The highest BCUT2D eigenvalue weighted by Crippen LogP contribution is 2.15. The molecule has 1 rings (SSSR count). The zero-order chi connectivity index (χ0) is 12.2. The maximum Gasteiger partial charge on any atom is 0.148 e. The molecule has 1 aromatic carbocycles. The summed E-state index contributed by atoms with van der Waals surface area (Å²) in [4.78, 5) is 0. The normalized spacial score (nSPS) is 11.7. The fourth-order valence-electron chi connectivity index (χ4n) is 1.31. The fourth-order valence-corrected chi connectivity index (χ4v) is 1.94. The third-order valence-electron chi connectivity index (χ3n) is 2.20. The van der Waals surface area contributed by atoms with Crippen molar-refractivity contribution in [3.63, 3.8) is 0 Å². The highest BCUT2D eigenvalue weighted by molar-refractivity contribution is 7.90. The van der Waals surface area contributed by atoms with Crippen molar-refractivity contribution in [1.29, 1.82) is 0 Å². The van der Waals surface area contributed by atoms with Crippen molar-refractivity contribution in [2.24, 2.45) is 0 Å². The smallest absolute Gasteiger partial charge is 0.148 e. The van der Waals surface area contributed by atoms with E-state index in [0.29, 0.717) is 13.1 Å². The fraction of sp³-hybridized carbons (Fsp3) is 0.455. The Hall–Kier alpha value is -0.580. The number of benzene rings is 1. The Labute approximate surface area is 102 Å². The number of aryl methyl sites for hydroxylation is 1. The summed E-state index contributed by atoms with van der Waals surface area (Å²) in [6.45, 7) is 3.08. The Bertz CT molecular complexity index is 457. The third-order valence-corrected chi connectivity index (χ3v) is 3.57. The number of hydrogen-bond acceptors (Lipinski definition) is 3. The van der Waals surface area contributed by atoms with Gasteiger partial charge in [-0.05, 0) is 24.1 Å². The van der Waals surface area contributed by atoms with E-state index in [2.05, 4.69) is 5.32 Å². The Morgan fingerprint density at radius 3 is 2.62 bits per heavy atom. The van der Waals surface area contributed by atoms with Gasteiger partial charge in [0.05, 0.1) is 5.75 Å². The zero-order valence-corrected chi connectivity index (χ0v) is 11.0. The first-order valence-corrected chi connectivity index (χ1v) is 7.46. The monoisotopic (exact) mass is 261 g/mol. The Balaban J connectivity index is 2.41. The van der Waals surface area contributed by atoms with E-state index in [0.717, 1.165) is 16.1 Å². The molecule has 3 nitrogen and oxygen atoms in total. The summed E-state index contributed by atoms with van der Waals surface area (Å²) in [5, 5.41) is 3.83. The summed E-state index contributed by atoms with van der Waals surface area (Å²) < 4.78 is 21.8. The highest BCUT2D eigenvalue weighted by atomic mass is 35.5. The van der Waals surface area contributed by atoms with Crippen LogP contribution < -0.4 is 5.32 Å². The minimum absolute atomic E-state index is 0.166. The first-order valence-electron chi connectivity index (χ1n) is 5.02. The molecule has 1 aromatic rings. The molecular formula is C11H16ClNO2S. The van der Waals surface area contributed by atoms with Crippen LogP contribution in [0.25, 0.3) is 0 Å². The molecule has 1 N–H and O–H groups in total. The zero-order valence-electron chi connectivity index (χ0n) is 9.46. The van der Waals surface area contributed by atoms with Gasteiger partial charge in [-0.15, -0.1) is 0 Å².